The van der Waals surface area contributed by atoms with Gasteiger partial charge >= 0.3 is 0 Å². The van der Waals surface area contributed by atoms with Gasteiger partial charge in [0.15, 0.2) is 0 Å². The second-order valence-electron chi connectivity index (χ2n) is 6.33. The number of hydrogen-bond acceptors (Lipinski definition) is 2. The number of para-hydroxylation sites is 1. The van der Waals surface area contributed by atoms with Crippen LogP contribution in [0.25, 0.3) is 10.9 Å². The van der Waals surface area contributed by atoms with Gasteiger partial charge in [-0.2, -0.15) is 0 Å². The van der Waals surface area contributed by atoms with Crippen molar-refractivity contribution >= 4 is 10.9 Å². The maximum atomic E-state index is 6.03. The van der Waals surface area contributed by atoms with Gasteiger partial charge in [0, 0.05) is 24.1 Å². The predicted molar refractivity (Wildman–Crippen MR) is 78.3 cm³/mol. The van der Waals surface area contributed by atoms with Gasteiger partial charge in [0.05, 0.1) is 18.6 Å². The fraction of sp³-hybridized carbons (Fsp3) is 0.500. The molecule has 3 heteroatoms. The summed E-state index contributed by atoms with van der Waals surface area (Å²) in [5.74, 6) is 0. The van der Waals surface area contributed by atoms with Crippen molar-refractivity contribution in [2.75, 3.05) is 19.8 Å². The number of aromatic nitrogens is 1. The second-order valence-corrected chi connectivity index (χ2v) is 6.33. The molecule has 3 rings (SSSR count). The fourth-order valence-corrected chi connectivity index (χ4v) is 3.14. The molecule has 0 spiro atoms. The van der Waals surface area contributed by atoms with E-state index < -0.39 is 0 Å². The van der Waals surface area contributed by atoms with E-state index in [1.807, 2.05) is 0 Å². The lowest BCUT2D eigenvalue weighted by Crippen LogP contribution is -2.59. The molecule has 1 aromatic carbocycles. The number of rotatable bonds is 3. The number of ether oxygens (including phenoxy) is 1. The van der Waals surface area contributed by atoms with E-state index in [-0.39, 0.29) is 10.8 Å². The lowest BCUT2D eigenvalue weighted by atomic mass is 9.60. The monoisotopic (exact) mass is 258 g/mol. The van der Waals surface area contributed by atoms with Crippen LogP contribution in [0.15, 0.2) is 30.5 Å². The lowest BCUT2D eigenvalue weighted by molar-refractivity contribution is -0.115. The van der Waals surface area contributed by atoms with E-state index in [4.69, 9.17) is 10.5 Å². The van der Waals surface area contributed by atoms with Crippen LogP contribution in [-0.4, -0.2) is 24.3 Å². The molecule has 1 aromatic heterocycles. The number of nitrogens with zero attached hydrogens (tertiary/aromatic N) is 1. The van der Waals surface area contributed by atoms with Crippen molar-refractivity contribution in [3.8, 4) is 0 Å². The van der Waals surface area contributed by atoms with Crippen molar-refractivity contribution in [2.45, 2.75) is 19.3 Å². The van der Waals surface area contributed by atoms with Crippen LogP contribution in [0.4, 0.5) is 0 Å². The summed E-state index contributed by atoms with van der Waals surface area (Å²) in [7, 11) is 2.11. The van der Waals surface area contributed by atoms with Gasteiger partial charge in [0.25, 0.3) is 0 Å². The molecule has 0 bridgehead atoms. The minimum Gasteiger partial charge on any atom is -0.379 e. The van der Waals surface area contributed by atoms with Gasteiger partial charge < -0.3 is 15.0 Å². The van der Waals surface area contributed by atoms with Crippen LogP contribution in [0.3, 0.4) is 0 Å². The Morgan fingerprint density at radius 3 is 2.58 bits per heavy atom. The largest absolute Gasteiger partial charge is 0.379 e. The molecule has 0 unspecified atom stereocenters. The number of aryl methyl sites for hydroxylation is 1. The van der Waals surface area contributed by atoms with E-state index in [1.54, 1.807) is 0 Å². The van der Waals surface area contributed by atoms with E-state index >= 15 is 0 Å². The van der Waals surface area contributed by atoms with Gasteiger partial charge in [0.2, 0.25) is 0 Å². The van der Waals surface area contributed by atoms with Gasteiger partial charge in [-0.3, -0.25) is 0 Å². The molecule has 2 aromatic rings. The molecule has 102 valence electrons. The second kappa shape index (κ2) is 4.09. The molecule has 19 heavy (non-hydrogen) atoms. The Hall–Kier alpha value is -1.32. The van der Waals surface area contributed by atoms with Gasteiger partial charge in [-0.25, -0.2) is 0 Å². The van der Waals surface area contributed by atoms with Crippen molar-refractivity contribution in [3.63, 3.8) is 0 Å². The number of benzene rings is 1. The topological polar surface area (TPSA) is 40.2 Å². The van der Waals surface area contributed by atoms with Gasteiger partial charge in [-0.15, -0.1) is 0 Å². The summed E-state index contributed by atoms with van der Waals surface area (Å²) >= 11 is 0. The van der Waals surface area contributed by atoms with Gasteiger partial charge in [-0.05, 0) is 23.6 Å². The van der Waals surface area contributed by atoms with Crippen molar-refractivity contribution in [2.24, 2.45) is 18.2 Å². The van der Waals surface area contributed by atoms with E-state index in [2.05, 4.69) is 55.9 Å². The third-order valence-corrected chi connectivity index (χ3v) is 4.92. The third kappa shape index (κ3) is 1.58. The smallest absolute Gasteiger partial charge is 0.0592 e. The first-order valence-corrected chi connectivity index (χ1v) is 6.84. The van der Waals surface area contributed by atoms with E-state index in [1.165, 1.54) is 16.5 Å². The third-order valence-electron chi connectivity index (χ3n) is 4.92. The number of hydrogen-bond donors (Lipinski definition) is 1. The standard InChI is InChI=1S/C16H22N2O/c1-15(2,9-17)16(10-19-11-16)13-8-18(3)14-7-5-4-6-12(13)14/h4-8H,9-11,17H2,1-3H3. The number of fused-ring (bicyclic) bond motifs is 1. The van der Waals surface area contributed by atoms with Crippen molar-refractivity contribution in [1.82, 2.24) is 4.57 Å². The van der Waals surface area contributed by atoms with Crippen molar-refractivity contribution < 1.29 is 4.74 Å². The fourth-order valence-electron chi connectivity index (χ4n) is 3.14. The molecule has 0 aliphatic carbocycles. The van der Waals surface area contributed by atoms with Crippen LogP contribution in [0.1, 0.15) is 19.4 Å². The molecule has 0 amide bonds. The van der Waals surface area contributed by atoms with Crippen LogP contribution in [0, 0.1) is 5.41 Å². The zero-order valence-electron chi connectivity index (χ0n) is 11.9. The van der Waals surface area contributed by atoms with E-state index in [0.717, 1.165) is 13.2 Å². The highest BCUT2D eigenvalue weighted by Crippen LogP contribution is 2.49. The predicted octanol–water partition coefficient (Wildman–Crippen LogP) is 2.43. The lowest BCUT2D eigenvalue weighted by Gasteiger charge is -2.52. The summed E-state index contributed by atoms with van der Waals surface area (Å²) in [6.45, 7) is 6.70. The summed E-state index contributed by atoms with van der Waals surface area (Å²) in [6, 6.07) is 8.57. The van der Waals surface area contributed by atoms with Gasteiger partial charge in [-0.1, -0.05) is 32.0 Å². The minimum absolute atomic E-state index is 0.0371. The zero-order chi connectivity index (χ0) is 13.7. The Balaban J connectivity index is 2.23. The first kappa shape index (κ1) is 12.7. The first-order chi connectivity index (χ1) is 9.02. The summed E-state index contributed by atoms with van der Waals surface area (Å²) in [5.41, 5.74) is 8.77. The van der Waals surface area contributed by atoms with Crippen molar-refractivity contribution in [3.05, 3.63) is 36.0 Å². The molecule has 1 aliphatic rings. The Bertz CT molecular complexity index is 608. The van der Waals surface area contributed by atoms with Crippen LogP contribution in [-0.2, 0) is 17.2 Å². The molecule has 1 saturated heterocycles. The number of nitrogens with two attached hydrogens (primary N) is 1. The molecule has 1 fully saturated rings. The quantitative estimate of drug-likeness (QED) is 0.918. The zero-order valence-corrected chi connectivity index (χ0v) is 11.9. The molecule has 1 aliphatic heterocycles. The highest BCUT2D eigenvalue weighted by atomic mass is 16.5. The molecule has 2 heterocycles. The summed E-state index contributed by atoms with van der Waals surface area (Å²) in [6.07, 6.45) is 2.25. The Morgan fingerprint density at radius 2 is 2.00 bits per heavy atom. The summed E-state index contributed by atoms with van der Waals surface area (Å²) in [5, 5.41) is 1.33. The van der Waals surface area contributed by atoms with E-state index in [9.17, 15) is 0 Å². The Morgan fingerprint density at radius 1 is 1.32 bits per heavy atom. The Labute approximate surface area is 114 Å². The molecular weight excluding hydrogens is 236 g/mol. The SMILES string of the molecule is Cn1cc(C2(C(C)(C)CN)COC2)c2ccccc21. The van der Waals surface area contributed by atoms with Gasteiger partial charge in [0.1, 0.15) is 0 Å². The maximum Gasteiger partial charge on any atom is 0.0592 e. The van der Waals surface area contributed by atoms with E-state index in [0.29, 0.717) is 6.54 Å². The highest BCUT2D eigenvalue weighted by Gasteiger charge is 2.52. The maximum absolute atomic E-state index is 6.03. The first-order valence-electron chi connectivity index (χ1n) is 6.84. The molecule has 0 radical (unpaired) electrons. The average Bonchev–Trinajstić information content (AvgIpc) is 2.66. The van der Waals surface area contributed by atoms with Crippen LogP contribution >= 0.6 is 0 Å². The van der Waals surface area contributed by atoms with Crippen molar-refractivity contribution in [1.29, 1.82) is 0 Å². The van der Waals surface area contributed by atoms with Crippen LogP contribution < -0.4 is 5.73 Å². The molecule has 0 atom stereocenters. The highest BCUT2D eigenvalue weighted by molar-refractivity contribution is 5.85. The molecule has 0 saturated carbocycles. The summed E-state index contributed by atoms with van der Waals surface area (Å²) in [4.78, 5) is 0. The molecular formula is C16H22N2O. The molecule has 3 nitrogen and oxygen atoms in total. The summed E-state index contributed by atoms with van der Waals surface area (Å²) < 4.78 is 7.78. The normalized spacial score (nSPS) is 18.5. The van der Waals surface area contributed by atoms with Crippen LogP contribution in [0.5, 0.6) is 0 Å². The molecule has 2 N–H and O–H groups in total. The average molecular weight is 258 g/mol. The minimum atomic E-state index is 0.0371. The van der Waals surface area contributed by atoms with Crippen LogP contribution in [0.2, 0.25) is 0 Å². The Kier molecular flexibility index (Phi) is 2.73.